The smallest absolute Gasteiger partial charge is 0.346 e. The van der Waals surface area contributed by atoms with Crippen LogP contribution in [-0.4, -0.2) is 36.3 Å². The number of carboxylic acid groups (broad SMARTS) is 1. The predicted molar refractivity (Wildman–Crippen MR) is 74.1 cm³/mol. The first-order valence-corrected chi connectivity index (χ1v) is 6.53. The summed E-state index contributed by atoms with van der Waals surface area (Å²) >= 11 is 0. The monoisotopic (exact) mass is 278 g/mol. The molecule has 1 heterocycles. The van der Waals surface area contributed by atoms with Crippen molar-refractivity contribution in [1.29, 1.82) is 0 Å². The van der Waals surface area contributed by atoms with Gasteiger partial charge in [-0.3, -0.25) is 4.90 Å². The van der Waals surface area contributed by atoms with Crippen molar-refractivity contribution in [2.75, 3.05) is 18.0 Å². The molecule has 1 aliphatic rings. The van der Waals surface area contributed by atoms with E-state index in [9.17, 15) is 9.59 Å². The molecule has 0 fully saturated rings. The van der Waals surface area contributed by atoms with Crippen molar-refractivity contribution in [2.24, 2.45) is 5.92 Å². The summed E-state index contributed by atoms with van der Waals surface area (Å²) in [7, 11) is 0. The average Bonchev–Trinajstić information content (AvgIpc) is 2.43. The van der Waals surface area contributed by atoms with Crippen LogP contribution in [0.3, 0.4) is 0 Å². The molecule has 0 radical (unpaired) electrons. The van der Waals surface area contributed by atoms with Crippen LogP contribution >= 0.6 is 0 Å². The van der Waals surface area contributed by atoms with Crippen LogP contribution in [0.2, 0.25) is 0 Å². The molecule has 1 aromatic carbocycles. The number of anilines is 1. The molecule has 2 amide bonds. The first-order valence-electron chi connectivity index (χ1n) is 6.53. The maximum Gasteiger partial charge on any atom is 0.346 e. The lowest BCUT2D eigenvalue weighted by atomic mass is 10.2. The number of fused-ring (bicyclic) bond motifs is 1. The highest BCUT2D eigenvalue weighted by molar-refractivity contribution is 5.95. The Balaban J connectivity index is 2.22. The van der Waals surface area contributed by atoms with Crippen LogP contribution < -0.4 is 15.0 Å². The van der Waals surface area contributed by atoms with Crippen molar-refractivity contribution in [3.8, 4) is 5.75 Å². The van der Waals surface area contributed by atoms with Crippen LogP contribution in [0.4, 0.5) is 10.5 Å². The maximum atomic E-state index is 12.2. The molecule has 1 unspecified atom stereocenters. The summed E-state index contributed by atoms with van der Waals surface area (Å²) < 4.78 is 5.38. The Morgan fingerprint density at radius 3 is 2.80 bits per heavy atom. The first-order chi connectivity index (χ1) is 9.49. The van der Waals surface area contributed by atoms with Crippen LogP contribution in [0.25, 0.3) is 0 Å². The van der Waals surface area contributed by atoms with Gasteiger partial charge in [-0.25, -0.2) is 9.59 Å². The molecule has 6 heteroatoms. The number of carbonyl (C=O) groups excluding carboxylic acids is 1. The fourth-order valence-corrected chi connectivity index (χ4v) is 1.94. The van der Waals surface area contributed by atoms with Gasteiger partial charge in [-0.05, 0) is 18.1 Å². The van der Waals surface area contributed by atoms with E-state index in [0.29, 0.717) is 23.9 Å². The summed E-state index contributed by atoms with van der Waals surface area (Å²) in [6.07, 6.45) is -1.05. The van der Waals surface area contributed by atoms with Gasteiger partial charge >= 0.3 is 12.0 Å². The Bertz CT molecular complexity index is 516. The van der Waals surface area contributed by atoms with E-state index in [0.717, 1.165) is 0 Å². The molecule has 20 heavy (non-hydrogen) atoms. The number of carbonyl (C=O) groups is 2. The molecule has 2 rings (SSSR count). The number of amides is 2. The molecule has 108 valence electrons. The van der Waals surface area contributed by atoms with Gasteiger partial charge in [0.05, 0.1) is 12.2 Å². The second kappa shape index (κ2) is 5.81. The van der Waals surface area contributed by atoms with Gasteiger partial charge in [0.25, 0.3) is 0 Å². The molecule has 1 aromatic rings. The van der Waals surface area contributed by atoms with Gasteiger partial charge in [0.2, 0.25) is 6.10 Å². The number of para-hydroxylation sites is 2. The summed E-state index contributed by atoms with van der Waals surface area (Å²) in [4.78, 5) is 24.7. The van der Waals surface area contributed by atoms with Crippen molar-refractivity contribution in [2.45, 2.75) is 20.0 Å². The highest BCUT2D eigenvalue weighted by Gasteiger charge is 2.33. The summed E-state index contributed by atoms with van der Waals surface area (Å²) in [5.41, 5.74) is 0.589. The highest BCUT2D eigenvalue weighted by atomic mass is 16.5. The molecule has 0 aromatic heterocycles. The van der Waals surface area contributed by atoms with E-state index in [-0.39, 0.29) is 12.6 Å². The first kappa shape index (κ1) is 14.2. The quantitative estimate of drug-likeness (QED) is 0.882. The molecule has 6 nitrogen and oxygen atoms in total. The van der Waals surface area contributed by atoms with Gasteiger partial charge in [0.1, 0.15) is 5.75 Å². The van der Waals surface area contributed by atoms with Gasteiger partial charge in [0.15, 0.2) is 0 Å². The van der Waals surface area contributed by atoms with Crippen molar-refractivity contribution >= 4 is 17.7 Å². The minimum atomic E-state index is -1.08. The number of nitrogens with zero attached hydrogens (tertiary/aromatic N) is 1. The van der Waals surface area contributed by atoms with Gasteiger partial charge in [-0.1, -0.05) is 26.0 Å². The Hall–Kier alpha value is -2.24. The third-order valence-corrected chi connectivity index (χ3v) is 2.96. The molecule has 0 saturated heterocycles. The normalized spacial score (nSPS) is 17.4. The number of benzene rings is 1. The lowest BCUT2D eigenvalue weighted by molar-refractivity contribution is -0.144. The summed E-state index contributed by atoms with van der Waals surface area (Å²) in [6, 6.07) is 6.62. The zero-order valence-electron chi connectivity index (χ0n) is 11.5. The van der Waals surface area contributed by atoms with E-state index in [1.165, 1.54) is 4.90 Å². The molecule has 1 atom stereocenters. The number of hydrogen-bond acceptors (Lipinski definition) is 3. The number of urea groups is 1. The number of nitrogens with one attached hydrogen (secondary N) is 1. The van der Waals surface area contributed by atoms with E-state index in [4.69, 9.17) is 9.84 Å². The van der Waals surface area contributed by atoms with E-state index < -0.39 is 12.1 Å². The van der Waals surface area contributed by atoms with Crippen LogP contribution in [0.5, 0.6) is 5.75 Å². The third kappa shape index (κ3) is 3.01. The number of carboxylic acids is 1. The topological polar surface area (TPSA) is 78.9 Å². The van der Waals surface area contributed by atoms with Crippen molar-refractivity contribution < 1.29 is 19.4 Å². The SMILES string of the molecule is CC(C)CNC(=O)N1CC(C(=O)O)Oc2ccccc21. The number of rotatable bonds is 3. The fourth-order valence-electron chi connectivity index (χ4n) is 1.94. The van der Waals surface area contributed by atoms with Crippen LogP contribution in [0.1, 0.15) is 13.8 Å². The second-order valence-corrected chi connectivity index (χ2v) is 5.10. The molecular weight excluding hydrogens is 260 g/mol. The Kier molecular flexibility index (Phi) is 4.12. The maximum absolute atomic E-state index is 12.2. The molecule has 0 aliphatic carbocycles. The standard InChI is InChI=1S/C14H18N2O4/c1-9(2)7-15-14(19)16-8-12(13(17)18)20-11-6-4-3-5-10(11)16/h3-6,9,12H,7-8H2,1-2H3,(H,15,19)(H,17,18). The van der Waals surface area contributed by atoms with Crippen molar-refractivity contribution in [1.82, 2.24) is 5.32 Å². The number of hydrogen-bond donors (Lipinski definition) is 2. The zero-order valence-corrected chi connectivity index (χ0v) is 11.5. The Morgan fingerprint density at radius 1 is 1.45 bits per heavy atom. The van der Waals surface area contributed by atoms with Crippen LogP contribution in [-0.2, 0) is 4.79 Å². The molecule has 0 spiro atoms. The average molecular weight is 278 g/mol. The van der Waals surface area contributed by atoms with Crippen LogP contribution in [0, 0.1) is 5.92 Å². The summed E-state index contributed by atoms with van der Waals surface area (Å²) in [6.45, 7) is 4.52. The zero-order chi connectivity index (χ0) is 14.7. The van der Waals surface area contributed by atoms with Crippen molar-refractivity contribution in [3.05, 3.63) is 24.3 Å². The van der Waals surface area contributed by atoms with Gasteiger partial charge < -0.3 is 15.2 Å². The van der Waals surface area contributed by atoms with E-state index in [2.05, 4.69) is 5.32 Å². The minimum absolute atomic E-state index is 0.00370. The molecule has 0 bridgehead atoms. The van der Waals surface area contributed by atoms with Gasteiger partial charge in [-0.2, -0.15) is 0 Å². The van der Waals surface area contributed by atoms with E-state index in [1.54, 1.807) is 24.3 Å². The van der Waals surface area contributed by atoms with E-state index >= 15 is 0 Å². The lowest BCUT2D eigenvalue weighted by Gasteiger charge is -2.33. The fraction of sp³-hybridized carbons (Fsp3) is 0.429. The van der Waals surface area contributed by atoms with Gasteiger partial charge in [-0.15, -0.1) is 0 Å². The summed E-state index contributed by atoms with van der Waals surface area (Å²) in [5.74, 6) is -0.350. The Morgan fingerprint density at radius 2 is 2.15 bits per heavy atom. The Labute approximate surface area is 117 Å². The minimum Gasteiger partial charge on any atom is -0.478 e. The number of aliphatic carboxylic acids is 1. The molecule has 1 aliphatic heterocycles. The lowest BCUT2D eigenvalue weighted by Crippen LogP contribution is -2.51. The highest BCUT2D eigenvalue weighted by Crippen LogP contribution is 2.33. The molecule has 0 saturated carbocycles. The second-order valence-electron chi connectivity index (χ2n) is 5.10. The largest absolute Gasteiger partial charge is 0.478 e. The van der Waals surface area contributed by atoms with E-state index in [1.807, 2.05) is 13.8 Å². The number of ether oxygens (including phenoxy) is 1. The molecular formula is C14H18N2O4. The van der Waals surface area contributed by atoms with Gasteiger partial charge in [0, 0.05) is 6.54 Å². The molecule has 2 N–H and O–H groups in total. The predicted octanol–water partition coefficient (Wildman–Crippen LogP) is 1.70. The van der Waals surface area contributed by atoms with Crippen LogP contribution in [0.15, 0.2) is 24.3 Å². The van der Waals surface area contributed by atoms with Crippen molar-refractivity contribution in [3.63, 3.8) is 0 Å². The summed E-state index contributed by atoms with van der Waals surface area (Å²) in [5, 5.41) is 11.9. The third-order valence-electron chi connectivity index (χ3n) is 2.96.